The van der Waals surface area contributed by atoms with Gasteiger partial charge in [-0.15, -0.1) is 11.3 Å². The number of morpholine rings is 1. The third-order valence-corrected chi connectivity index (χ3v) is 4.13. The average Bonchev–Trinajstić information content (AvgIpc) is 2.92. The summed E-state index contributed by atoms with van der Waals surface area (Å²) in [6.45, 7) is 6.34. The van der Waals surface area contributed by atoms with E-state index in [2.05, 4.69) is 22.6 Å². The molecule has 106 valence electrons. The third kappa shape index (κ3) is 4.56. The molecule has 0 aliphatic carbocycles. The summed E-state index contributed by atoms with van der Waals surface area (Å²) in [5.74, 6) is 0.211. The molecule has 0 radical (unpaired) electrons. The summed E-state index contributed by atoms with van der Waals surface area (Å²) in [5, 5.41) is 6.52. The number of ether oxygens (including phenoxy) is 1. The van der Waals surface area contributed by atoms with Crippen molar-refractivity contribution in [3.63, 3.8) is 0 Å². The molecule has 1 aliphatic heterocycles. The number of carbonyl (C=O) groups is 1. The highest BCUT2D eigenvalue weighted by atomic mass is 32.1. The number of aromatic nitrogens is 1. The van der Waals surface area contributed by atoms with Gasteiger partial charge in [-0.3, -0.25) is 4.79 Å². The van der Waals surface area contributed by atoms with Crippen LogP contribution in [0.5, 0.6) is 0 Å². The van der Waals surface area contributed by atoms with Gasteiger partial charge in [0, 0.05) is 38.0 Å². The highest BCUT2D eigenvalue weighted by molar-refractivity contribution is 7.09. The summed E-state index contributed by atoms with van der Waals surface area (Å²) in [4.78, 5) is 18.2. The van der Waals surface area contributed by atoms with Crippen LogP contribution in [0.25, 0.3) is 0 Å². The lowest BCUT2D eigenvalue weighted by molar-refractivity contribution is -0.135. The molecule has 1 N–H and O–H groups in total. The van der Waals surface area contributed by atoms with Crippen LogP contribution in [0.3, 0.4) is 0 Å². The molecule has 1 amide bonds. The van der Waals surface area contributed by atoms with Gasteiger partial charge in [0.2, 0.25) is 5.91 Å². The van der Waals surface area contributed by atoms with Gasteiger partial charge in [-0.2, -0.15) is 0 Å². The van der Waals surface area contributed by atoms with Crippen LogP contribution in [0.1, 0.15) is 24.0 Å². The summed E-state index contributed by atoms with van der Waals surface area (Å²) < 4.78 is 5.23. The predicted octanol–water partition coefficient (Wildman–Crippen LogP) is 1.04. The molecule has 2 rings (SSSR count). The molecule has 1 fully saturated rings. The molecule has 1 aromatic rings. The van der Waals surface area contributed by atoms with Gasteiger partial charge < -0.3 is 15.0 Å². The van der Waals surface area contributed by atoms with Crippen LogP contribution < -0.4 is 5.32 Å². The summed E-state index contributed by atoms with van der Waals surface area (Å²) in [6.07, 6.45) is 1.53. The quantitative estimate of drug-likeness (QED) is 0.793. The first-order chi connectivity index (χ1) is 9.29. The van der Waals surface area contributed by atoms with Crippen molar-refractivity contribution in [3.05, 3.63) is 16.1 Å². The van der Waals surface area contributed by atoms with E-state index < -0.39 is 0 Å². The Morgan fingerprint density at radius 2 is 2.32 bits per heavy atom. The second-order valence-corrected chi connectivity index (χ2v) is 5.45. The Labute approximate surface area is 118 Å². The highest BCUT2D eigenvalue weighted by Gasteiger charge is 2.15. The number of thiazole rings is 1. The van der Waals surface area contributed by atoms with Gasteiger partial charge in [0.15, 0.2) is 0 Å². The summed E-state index contributed by atoms with van der Waals surface area (Å²) in [6, 6.07) is 0. The van der Waals surface area contributed by atoms with Crippen LogP contribution in [0, 0.1) is 0 Å². The number of hydrogen-bond donors (Lipinski definition) is 1. The minimum atomic E-state index is 0.211. The van der Waals surface area contributed by atoms with Gasteiger partial charge in [-0.05, 0) is 6.42 Å². The Balaban J connectivity index is 1.62. The molecule has 0 atom stereocenters. The minimum absolute atomic E-state index is 0.211. The number of nitrogens with zero attached hydrogens (tertiary/aromatic N) is 2. The molecule has 5 nitrogen and oxygen atoms in total. The first-order valence-electron chi connectivity index (χ1n) is 6.79. The molecule has 0 spiro atoms. The lowest BCUT2D eigenvalue weighted by atomic mass is 10.3. The second kappa shape index (κ2) is 7.57. The standard InChI is InChI=1S/C13H21N3O2S/c1-2-12-15-11(10-19-12)9-14-4-3-13(17)16-5-7-18-8-6-16/h10,14H,2-9H2,1H3. The summed E-state index contributed by atoms with van der Waals surface area (Å²) in [5.41, 5.74) is 1.07. The maximum absolute atomic E-state index is 11.9. The molecule has 1 saturated heterocycles. The van der Waals surface area contributed by atoms with Gasteiger partial charge in [0.05, 0.1) is 23.9 Å². The monoisotopic (exact) mass is 283 g/mol. The fourth-order valence-corrected chi connectivity index (χ4v) is 2.72. The Bertz CT molecular complexity index is 402. The Morgan fingerprint density at radius 3 is 3.00 bits per heavy atom. The van der Waals surface area contributed by atoms with E-state index in [9.17, 15) is 4.79 Å². The first kappa shape index (κ1) is 14.4. The van der Waals surface area contributed by atoms with Gasteiger partial charge in [-0.1, -0.05) is 6.92 Å². The van der Waals surface area contributed by atoms with Crippen molar-refractivity contribution < 1.29 is 9.53 Å². The Kier molecular flexibility index (Phi) is 5.75. The SMILES string of the molecule is CCc1nc(CNCCC(=O)N2CCOCC2)cs1. The van der Waals surface area contributed by atoms with E-state index >= 15 is 0 Å². The largest absolute Gasteiger partial charge is 0.378 e. The van der Waals surface area contributed by atoms with Crippen molar-refractivity contribution in [1.29, 1.82) is 0 Å². The smallest absolute Gasteiger partial charge is 0.224 e. The number of amides is 1. The third-order valence-electron chi connectivity index (χ3n) is 3.09. The highest BCUT2D eigenvalue weighted by Crippen LogP contribution is 2.09. The van der Waals surface area contributed by atoms with Crippen molar-refractivity contribution >= 4 is 17.2 Å². The zero-order chi connectivity index (χ0) is 13.5. The number of carbonyl (C=O) groups excluding carboxylic acids is 1. The van der Waals surface area contributed by atoms with E-state index in [-0.39, 0.29) is 5.91 Å². The minimum Gasteiger partial charge on any atom is -0.378 e. The summed E-state index contributed by atoms with van der Waals surface area (Å²) >= 11 is 1.70. The Hall–Kier alpha value is -0.980. The van der Waals surface area contributed by atoms with E-state index in [1.807, 2.05) is 4.90 Å². The van der Waals surface area contributed by atoms with Crippen LogP contribution >= 0.6 is 11.3 Å². The molecule has 6 heteroatoms. The lowest BCUT2D eigenvalue weighted by Gasteiger charge is -2.26. The van der Waals surface area contributed by atoms with Crippen molar-refractivity contribution in [2.75, 3.05) is 32.8 Å². The van der Waals surface area contributed by atoms with E-state index in [1.165, 1.54) is 5.01 Å². The fourth-order valence-electron chi connectivity index (χ4n) is 1.98. The van der Waals surface area contributed by atoms with Crippen molar-refractivity contribution in [1.82, 2.24) is 15.2 Å². The van der Waals surface area contributed by atoms with Gasteiger partial charge in [0.25, 0.3) is 0 Å². The maximum atomic E-state index is 11.9. The number of rotatable bonds is 6. The molecular formula is C13H21N3O2S. The van der Waals surface area contributed by atoms with Crippen LogP contribution in [0.2, 0.25) is 0 Å². The van der Waals surface area contributed by atoms with E-state index in [0.29, 0.717) is 26.2 Å². The molecule has 19 heavy (non-hydrogen) atoms. The normalized spacial score (nSPS) is 15.7. The van der Waals surface area contributed by atoms with Gasteiger partial charge >= 0.3 is 0 Å². The molecule has 0 unspecified atom stereocenters. The van der Waals surface area contributed by atoms with Crippen LogP contribution in [0.15, 0.2) is 5.38 Å². The predicted molar refractivity (Wildman–Crippen MR) is 75.2 cm³/mol. The van der Waals surface area contributed by atoms with Gasteiger partial charge in [-0.25, -0.2) is 4.98 Å². The molecule has 0 bridgehead atoms. The molecule has 2 heterocycles. The van der Waals surface area contributed by atoms with E-state index in [1.54, 1.807) is 11.3 Å². The van der Waals surface area contributed by atoms with Crippen molar-refractivity contribution in [2.24, 2.45) is 0 Å². The molecule has 1 aromatic heterocycles. The van der Waals surface area contributed by atoms with E-state index in [0.717, 1.165) is 31.7 Å². The average molecular weight is 283 g/mol. The number of aryl methyl sites for hydroxylation is 1. The maximum Gasteiger partial charge on any atom is 0.224 e. The lowest BCUT2D eigenvalue weighted by Crippen LogP contribution is -2.41. The van der Waals surface area contributed by atoms with Gasteiger partial charge in [0.1, 0.15) is 0 Å². The zero-order valence-electron chi connectivity index (χ0n) is 11.4. The molecule has 1 aliphatic rings. The van der Waals surface area contributed by atoms with Crippen molar-refractivity contribution in [2.45, 2.75) is 26.3 Å². The van der Waals surface area contributed by atoms with Crippen LogP contribution in [-0.4, -0.2) is 48.6 Å². The number of hydrogen-bond acceptors (Lipinski definition) is 5. The zero-order valence-corrected chi connectivity index (χ0v) is 12.2. The molecular weight excluding hydrogens is 262 g/mol. The molecule has 0 aromatic carbocycles. The van der Waals surface area contributed by atoms with Crippen LogP contribution in [0.4, 0.5) is 0 Å². The van der Waals surface area contributed by atoms with E-state index in [4.69, 9.17) is 4.74 Å². The summed E-state index contributed by atoms with van der Waals surface area (Å²) in [7, 11) is 0. The second-order valence-electron chi connectivity index (χ2n) is 4.51. The van der Waals surface area contributed by atoms with Crippen molar-refractivity contribution in [3.8, 4) is 0 Å². The van der Waals surface area contributed by atoms with Crippen LogP contribution in [-0.2, 0) is 22.5 Å². The molecule has 0 saturated carbocycles. The fraction of sp³-hybridized carbons (Fsp3) is 0.692. The topological polar surface area (TPSA) is 54.5 Å². The first-order valence-corrected chi connectivity index (χ1v) is 7.67. The Morgan fingerprint density at radius 1 is 1.53 bits per heavy atom. The number of nitrogens with one attached hydrogen (secondary N) is 1.